The third kappa shape index (κ3) is 3.93. The number of benzene rings is 2. The van der Waals surface area contributed by atoms with Crippen LogP contribution in [0.3, 0.4) is 0 Å². The van der Waals surface area contributed by atoms with Crippen LogP contribution >= 0.6 is 0 Å². The van der Waals surface area contributed by atoms with Crippen LogP contribution in [0, 0.1) is 10.1 Å². The highest BCUT2D eigenvalue weighted by Gasteiger charge is 2.12. The molecule has 0 saturated carbocycles. The molecule has 0 radical (unpaired) electrons. The van der Waals surface area contributed by atoms with Gasteiger partial charge in [0.1, 0.15) is 18.1 Å². The van der Waals surface area contributed by atoms with Gasteiger partial charge in [0.05, 0.1) is 5.56 Å². The standard InChI is InChI=1S/C14H11NO6/c16-12-7-5-10(6-8-12)14(17)21-13-4-2-1-3-11(13)9-20-15(18)19/h1-8,16H,9H2. The fourth-order valence-corrected chi connectivity index (χ4v) is 1.60. The minimum Gasteiger partial charge on any atom is -0.508 e. The molecule has 2 rings (SSSR count). The summed E-state index contributed by atoms with van der Waals surface area (Å²) in [6, 6.07) is 11.9. The molecule has 0 bridgehead atoms. The highest BCUT2D eigenvalue weighted by atomic mass is 16.9. The summed E-state index contributed by atoms with van der Waals surface area (Å²) in [5.74, 6) is -0.424. The zero-order valence-electron chi connectivity index (χ0n) is 10.8. The van der Waals surface area contributed by atoms with Crippen molar-refractivity contribution in [3.8, 4) is 11.5 Å². The lowest BCUT2D eigenvalue weighted by Crippen LogP contribution is -2.10. The van der Waals surface area contributed by atoms with E-state index in [-0.39, 0.29) is 23.7 Å². The number of rotatable bonds is 5. The highest BCUT2D eigenvalue weighted by Crippen LogP contribution is 2.21. The Balaban J connectivity index is 2.13. The van der Waals surface area contributed by atoms with Crippen molar-refractivity contribution in [1.29, 1.82) is 0 Å². The molecule has 108 valence electrons. The van der Waals surface area contributed by atoms with Gasteiger partial charge in [0.25, 0.3) is 5.09 Å². The molecule has 2 aromatic carbocycles. The normalized spacial score (nSPS) is 9.90. The van der Waals surface area contributed by atoms with E-state index < -0.39 is 11.1 Å². The second-order valence-electron chi connectivity index (χ2n) is 4.04. The quantitative estimate of drug-likeness (QED) is 0.392. The summed E-state index contributed by atoms with van der Waals surface area (Å²) in [4.78, 5) is 26.4. The Hall–Kier alpha value is -3.09. The number of phenolic OH excluding ortho intramolecular Hbond substituents is 1. The van der Waals surface area contributed by atoms with Crippen LogP contribution in [0.25, 0.3) is 0 Å². The van der Waals surface area contributed by atoms with E-state index in [1.165, 1.54) is 30.3 Å². The molecule has 0 aromatic heterocycles. The first-order chi connectivity index (χ1) is 10.1. The zero-order valence-corrected chi connectivity index (χ0v) is 10.8. The number of aromatic hydroxyl groups is 1. The number of hydrogen-bond acceptors (Lipinski definition) is 6. The third-order valence-electron chi connectivity index (χ3n) is 2.60. The second kappa shape index (κ2) is 6.38. The molecule has 21 heavy (non-hydrogen) atoms. The number of hydrogen-bond donors (Lipinski definition) is 1. The molecule has 7 heteroatoms. The fraction of sp³-hybridized carbons (Fsp3) is 0.0714. The Labute approximate surface area is 119 Å². The lowest BCUT2D eigenvalue weighted by molar-refractivity contribution is -0.763. The lowest BCUT2D eigenvalue weighted by Gasteiger charge is -2.09. The summed E-state index contributed by atoms with van der Waals surface area (Å²) < 4.78 is 5.18. The molecule has 0 aliphatic heterocycles. The number of ether oxygens (including phenoxy) is 1. The Morgan fingerprint density at radius 2 is 1.81 bits per heavy atom. The zero-order chi connectivity index (χ0) is 15.2. The monoisotopic (exact) mass is 289 g/mol. The molecule has 0 heterocycles. The maximum absolute atomic E-state index is 11.9. The summed E-state index contributed by atoms with van der Waals surface area (Å²) in [7, 11) is 0. The molecule has 0 saturated heterocycles. The molecule has 0 aliphatic carbocycles. The van der Waals surface area contributed by atoms with Gasteiger partial charge in [0.15, 0.2) is 0 Å². The molecule has 7 nitrogen and oxygen atoms in total. The largest absolute Gasteiger partial charge is 0.508 e. The molecule has 1 N–H and O–H groups in total. The van der Waals surface area contributed by atoms with Crippen LogP contribution in [-0.2, 0) is 11.4 Å². The second-order valence-corrected chi connectivity index (χ2v) is 4.04. The predicted octanol–water partition coefficient (Wildman–Crippen LogP) is 2.32. The average molecular weight is 289 g/mol. The van der Waals surface area contributed by atoms with Crippen LogP contribution in [0.1, 0.15) is 15.9 Å². The van der Waals surface area contributed by atoms with Gasteiger partial charge in [-0.25, -0.2) is 4.79 Å². The summed E-state index contributed by atoms with van der Waals surface area (Å²) in [6.07, 6.45) is 0. The summed E-state index contributed by atoms with van der Waals surface area (Å²) in [5, 5.41) is 18.5. The van der Waals surface area contributed by atoms with E-state index in [9.17, 15) is 14.9 Å². The van der Waals surface area contributed by atoms with E-state index in [0.717, 1.165) is 0 Å². The Bertz CT molecular complexity index is 653. The molecule has 0 spiro atoms. The van der Waals surface area contributed by atoms with Crippen LogP contribution in [0.5, 0.6) is 11.5 Å². The van der Waals surface area contributed by atoms with E-state index in [2.05, 4.69) is 4.84 Å². The number of nitrogens with zero attached hydrogens (tertiary/aromatic N) is 1. The van der Waals surface area contributed by atoms with Crippen LogP contribution in [0.2, 0.25) is 0 Å². The third-order valence-corrected chi connectivity index (χ3v) is 2.60. The highest BCUT2D eigenvalue weighted by molar-refractivity contribution is 5.91. The minimum absolute atomic E-state index is 0.0336. The smallest absolute Gasteiger partial charge is 0.343 e. The fourth-order valence-electron chi connectivity index (χ4n) is 1.60. The molecule has 0 fully saturated rings. The molecule has 0 amide bonds. The number of carbonyl (C=O) groups excluding carboxylic acids is 1. The van der Waals surface area contributed by atoms with Gasteiger partial charge in [-0.15, -0.1) is 10.1 Å². The van der Waals surface area contributed by atoms with Crippen molar-refractivity contribution >= 4 is 5.97 Å². The van der Waals surface area contributed by atoms with E-state index in [0.29, 0.717) is 5.56 Å². The Kier molecular flexibility index (Phi) is 4.35. The number of para-hydroxylation sites is 1. The molecule has 0 atom stereocenters. The Morgan fingerprint density at radius 3 is 2.48 bits per heavy atom. The van der Waals surface area contributed by atoms with Gasteiger partial charge in [-0.05, 0) is 30.3 Å². The maximum Gasteiger partial charge on any atom is 0.343 e. The first-order valence-electron chi connectivity index (χ1n) is 5.92. The van der Waals surface area contributed by atoms with Crippen molar-refractivity contribution in [1.82, 2.24) is 0 Å². The SMILES string of the molecule is O=C(Oc1ccccc1CO[N+](=O)[O-])c1ccc(O)cc1. The lowest BCUT2D eigenvalue weighted by atomic mass is 10.2. The topological polar surface area (TPSA) is 98.9 Å². The van der Waals surface area contributed by atoms with Gasteiger partial charge in [-0.3, -0.25) is 0 Å². The van der Waals surface area contributed by atoms with Crippen molar-refractivity contribution in [2.24, 2.45) is 0 Å². The van der Waals surface area contributed by atoms with Crippen LogP contribution in [0.4, 0.5) is 0 Å². The number of carbonyl (C=O) groups is 1. The minimum atomic E-state index is -0.918. The van der Waals surface area contributed by atoms with Gasteiger partial charge in [-0.2, -0.15) is 0 Å². The van der Waals surface area contributed by atoms with Crippen LogP contribution in [-0.4, -0.2) is 16.2 Å². The summed E-state index contributed by atoms with van der Waals surface area (Å²) in [6.45, 7) is -0.313. The van der Waals surface area contributed by atoms with Crippen molar-refractivity contribution in [2.45, 2.75) is 6.61 Å². The predicted molar refractivity (Wildman–Crippen MR) is 71.3 cm³/mol. The summed E-state index contributed by atoms with van der Waals surface area (Å²) >= 11 is 0. The Morgan fingerprint density at radius 1 is 1.14 bits per heavy atom. The first-order valence-corrected chi connectivity index (χ1v) is 5.92. The van der Waals surface area contributed by atoms with Crippen molar-refractivity contribution in [3.05, 3.63) is 69.8 Å². The summed E-state index contributed by atoms with van der Waals surface area (Å²) in [5.41, 5.74) is 0.624. The molecule has 0 unspecified atom stereocenters. The van der Waals surface area contributed by atoms with Gasteiger partial charge < -0.3 is 14.7 Å². The molecular weight excluding hydrogens is 278 g/mol. The first kappa shape index (κ1) is 14.3. The number of esters is 1. The van der Waals surface area contributed by atoms with Crippen LogP contribution in [0.15, 0.2) is 48.5 Å². The van der Waals surface area contributed by atoms with E-state index in [4.69, 9.17) is 9.84 Å². The molecule has 2 aromatic rings. The number of phenols is 1. The van der Waals surface area contributed by atoms with Crippen molar-refractivity contribution in [2.75, 3.05) is 0 Å². The van der Waals surface area contributed by atoms with Gasteiger partial charge >= 0.3 is 5.97 Å². The van der Waals surface area contributed by atoms with Gasteiger partial charge in [0, 0.05) is 5.56 Å². The molecular formula is C14H11NO6. The average Bonchev–Trinajstić information content (AvgIpc) is 2.47. The maximum atomic E-state index is 11.9. The van der Waals surface area contributed by atoms with Crippen molar-refractivity contribution < 1.29 is 24.6 Å². The van der Waals surface area contributed by atoms with Gasteiger partial charge in [0.2, 0.25) is 0 Å². The van der Waals surface area contributed by atoms with E-state index >= 15 is 0 Å². The van der Waals surface area contributed by atoms with Gasteiger partial charge in [-0.1, -0.05) is 18.2 Å². The molecule has 0 aliphatic rings. The van der Waals surface area contributed by atoms with E-state index in [1.54, 1.807) is 18.2 Å². The van der Waals surface area contributed by atoms with E-state index in [1.807, 2.05) is 0 Å². The van der Waals surface area contributed by atoms with Crippen LogP contribution < -0.4 is 4.74 Å². The van der Waals surface area contributed by atoms with Crippen molar-refractivity contribution in [3.63, 3.8) is 0 Å².